The van der Waals surface area contributed by atoms with Crippen LogP contribution in [0.5, 0.6) is 0 Å². The van der Waals surface area contributed by atoms with Gasteiger partial charge < -0.3 is 5.32 Å². The Hall–Kier alpha value is -2.28. The molecule has 0 spiro atoms. The van der Waals surface area contributed by atoms with Crippen LogP contribution in [0.3, 0.4) is 0 Å². The summed E-state index contributed by atoms with van der Waals surface area (Å²) in [5.74, 6) is 0.752. The number of nitrogens with one attached hydrogen (secondary N) is 1. The van der Waals surface area contributed by atoms with Crippen molar-refractivity contribution in [1.82, 2.24) is 9.97 Å². The minimum Gasteiger partial charge on any atom is -0.367 e. The fourth-order valence-corrected chi connectivity index (χ4v) is 3.79. The Morgan fingerprint density at radius 1 is 1.08 bits per heavy atom. The fourth-order valence-electron chi connectivity index (χ4n) is 2.72. The van der Waals surface area contributed by atoms with Crippen LogP contribution in [0.2, 0.25) is 0 Å². The van der Waals surface area contributed by atoms with E-state index in [1.807, 2.05) is 19.9 Å². The summed E-state index contributed by atoms with van der Waals surface area (Å²) in [6.07, 6.45) is 3.28. The van der Waals surface area contributed by atoms with Crippen molar-refractivity contribution in [2.24, 2.45) is 4.99 Å². The zero-order chi connectivity index (χ0) is 18.2. The second-order valence-corrected chi connectivity index (χ2v) is 9.13. The molecule has 0 radical (unpaired) electrons. The number of rotatable bonds is 5. The molecule has 3 heterocycles. The molecule has 1 N–H and O–H groups in total. The van der Waals surface area contributed by atoms with E-state index in [-0.39, 0.29) is 10.9 Å². The average molecular weight is 358 g/mol. The molecule has 0 amide bonds. The molecule has 3 rings (SSSR count). The molecule has 0 fully saturated rings. The van der Waals surface area contributed by atoms with Crippen molar-refractivity contribution in [2.75, 3.05) is 5.32 Å². The number of hydrogen-bond donors (Lipinski definition) is 1. The zero-order valence-corrected chi connectivity index (χ0v) is 15.6. The van der Waals surface area contributed by atoms with Gasteiger partial charge in [0.15, 0.2) is 9.84 Å². The van der Waals surface area contributed by atoms with E-state index in [2.05, 4.69) is 20.3 Å². The van der Waals surface area contributed by atoms with Crippen molar-refractivity contribution in [3.63, 3.8) is 0 Å². The molecule has 0 unspecified atom stereocenters. The van der Waals surface area contributed by atoms with Crippen LogP contribution in [0.1, 0.15) is 44.5 Å². The Bertz CT molecular complexity index is 934. The van der Waals surface area contributed by atoms with E-state index in [0.717, 1.165) is 16.9 Å². The maximum Gasteiger partial charge on any atom is 0.180 e. The number of aliphatic imine (C=N–C) groups is 1. The number of anilines is 1. The molecule has 2 aromatic rings. The van der Waals surface area contributed by atoms with Crippen molar-refractivity contribution >= 4 is 21.4 Å². The molecule has 1 aliphatic heterocycles. The molecule has 132 valence electrons. The highest BCUT2D eigenvalue weighted by Gasteiger charge is 2.25. The molecule has 0 aliphatic carbocycles. The van der Waals surface area contributed by atoms with Crippen molar-refractivity contribution < 1.29 is 8.42 Å². The Balaban J connectivity index is 2.08. The van der Waals surface area contributed by atoms with Gasteiger partial charge in [0.2, 0.25) is 0 Å². The summed E-state index contributed by atoms with van der Waals surface area (Å²) in [6.45, 7) is 7.98. The Kier molecular flexibility index (Phi) is 4.60. The van der Waals surface area contributed by atoms with Crippen LogP contribution in [-0.4, -0.2) is 35.4 Å². The molecule has 0 saturated heterocycles. The monoisotopic (exact) mass is 358 g/mol. The Morgan fingerprint density at radius 3 is 2.48 bits per heavy atom. The second-order valence-electron chi connectivity index (χ2n) is 6.63. The highest BCUT2D eigenvalue weighted by atomic mass is 32.2. The van der Waals surface area contributed by atoms with Gasteiger partial charge in [-0.3, -0.25) is 9.98 Å². The van der Waals surface area contributed by atoms with Gasteiger partial charge in [0.25, 0.3) is 0 Å². The molecular formula is C18H22N4O2S. The minimum absolute atomic E-state index is 0.224. The number of sulfone groups is 1. The summed E-state index contributed by atoms with van der Waals surface area (Å²) in [7, 11) is -3.36. The van der Waals surface area contributed by atoms with E-state index in [4.69, 9.17) is 0 Å². The van der Waals surface area contributed by atoms with Gasteiger partial charge in [-0.25, -0.2) is 13.4 Å². The first-order chi connectivity index (χ1) is 11.8. The third-order valence-electron chi connectivity index (χ3n) is 4.03. The molecule has 6 nitrogen and oxygen atoms in total. The molecule has 0 atom stereocenters. The van der Waals surface area contributed by atoms with Crippen molar-refractivity contribution in [3.05, 3.63) is 47.4 Å². The largest absolute Gasteiger partial charge is 0.367 e. The Labute approximate surface area is 148 Å². The summed E-state index contributed by atoms with van der Waals surface area (Å²) in [5.41, 5.74) is 3.21. The molecule has 0 aromatic carbocycles. The fraction of sp³-hybridized carbons (Fsp3) is 0.389. The van der Waals surface area contributed by atoms with Crippen molar-refractivity contribution in [1.29, 1.82) is 0 Å². The van der Waals surface area contributed by atoms with Gasteiger partial charge in [0.1, 0.15) is 5.82 Å². The van der Waals surface area contributed by atoms with Crippen LogP contribution in [0, 0.1) is 0 Å². The normalized spacial score (nSPS) is 13.9. The zero-order valence-electron chi connectivity index (χ0n) is 14.8. The van der Waals surface area contributed by atoms with Gasteiger partial charge in [-0.2, -0.15) is 0 Å². The first-order valence-corrected chi connectivity index (χ1v) is 9.85. The van der Waals surface area contributed by atoms with Crippen molar-refractivity contribution in [3.8, 4) is 0 Å². The highest BCUT2D eigenvalue weighted by molar-refractivity contribution is 7.92. The number of hydrogen-bond acceptors (Lipinski definition) is 6. The lowest BCUT2D eigenvalue weighted by molar-refractivity contribution is 0.587. The summed E-state index contributed by atoms with van der Waals surface area (Å²) < 4.78 is 24.9. The van der Waals surface area contributed by atoms with Crippen molar-refractivity contribution in [2.45, 2.75) is 50.4 Å². The number of aromatic nitrogens is 2. The van der Waals surface area contributed by atoms with E-state index >= 15 is 0 Å². The first kappa shape index (κ1) is 17.5. The van der Waals surface area contributed by atoms with Crippen LogP contribution < -0.4 is 5.32 Å². The third kappa shape index (κ3) is 3.28. The van der Waals surface area contributed by atoms with Gasteiger partial charge in [-0.05, 0) is 51.5 Å². The predicted octanol–water partition coefficient (Wildman–Crippen LogP) is 2.83. The van der Waals surface area contributed by atoms with Gasteiger partial charge >= 0.3 is 0 Å². The molecular weight excluding hydrogens is 336 g/mol. The summed E-state index contributed by atoms with van der Waals surface area (Å²) in [5, 5.41) is 2.84. The van der Waals surface area contributed by atoms with Gasteiger partial charge in [-0.1, -0.05) is 0 Å². The average Bonchev–Trinajstić information content (AvgIpc) is 2.99. The van der Waals surface area contributed by atoms with E-state index in [1.54, 1.807) is 26.1 Å². The third-order valence-corrected chi connectivity index (χ3v) is 6.18. The molecule has 7 heteroatoms. The summed E-state index contributed by atoms with van der Waals surface area (Å²) in [6, 6.07) is 5.30. The summed E-state index contributed by atoms with van der Waals surface area (Å²) >= 11 is 0. The lowest BCUT2D eigenvalue weighted by Gasteiger charge is -2.14. The second kappa shape index (κ2) is 6.55. The predicted molar refractivity (Wildman–Crippen MR) is 98.9 cm³/mol. The smallest absolute Gasteiger partial charge is 0.180 e. The van der Waals surface area contributed by atoms with Crippen LogP contribution in [0.15, 0.2) is 40.5 Å². The first-order valence-electron chi connectivity index (χ1n) is 8.30. The topological polar surface area (TPSA) is 84.3 Å². The molecule has 25 heavy (non-hydrogen) atoms. The van der Waals surface area contributed by atoms with Crippen LogP contribution >= 0.6 is 0 Å². The maximum absolute atomic E-state index is 12.5. The number of nitrogens with zero attached hydrogens (tertiary/aromatic N) is 3. The van der Waals surface area contributed by atoms with E-state index in [0.29, 0.717) is 18.0 Å². The lowest BCUT2D eigenvalue weighted by atomic mass is 10.0. The number of fused-ring (bicyclic) bond motifs is 1. The lowest BCUT2D eigenvalue weighted by Crippen LogP contribution is -2.17. The van der Waals surface area contributed by atoms with Crippen LogP contribution in [-0.2, 0) is 16.4 Å². The van der Waals surface area contributed by atoms with Gasteiger partial charge in [0, 0.05) is 24.0 Å². The molecule has 1 aliphatic rings. The van der Waals surface area contributed by atoms with E-state index < -0.39 is 15.1 Å². The van der Waals surface area contributed by atoms with Crippen LogP contribution in [0.4, 0.5) is 5.82 Å². The standard InChI is InChI=1S/C18H22N4O2S/c1-11(2)22-18-16-13(5-7-20-18)10-21-17(16)15-9-14(6-8-19-15)25(23,24)12(3)4/h5-9,11-12H,10H2,1-4H3,(H,20,22). The quantitative estimate of drug-likeness (QED) is 0.888. The van der Waals surface area contributed by atoms with E-state index in [1.165, 1.54) is 12.3 Å². The van der Waals surface area contributed by atoms with Gasteiger partial charge in [-0.15, -0.1) is 0 Å². The summed E-state index contributed by atoms with van der Waals surface area (Å²) in [4.78, 5) is 13.6. The molecule has 0 saturated carbocycles. The van der Waals surface area contributed by atoms with E-state index in [9.17, 15) is 8.42 Å². The Morgan fingerprint density at radius 2 is 1.80 bits per heavy atom. The highest BCUT2D eigenvalue weighted by Crippen LogP contribution is 2.28. The van der Waals surface area contributed by atoms with Crippen LogP contribution in [0.25, 0.3) is 0 Å². The molecule has 2 aromatic heterocycles. The molecule has 0 bridgehead atoms. The van der Waals surface area contributed by atoms with Gasteiger partial charge in [0.05, 0.1) is 28.1 Å². The maximum atomic E-state index is 12.5. The minimum atomic E-state index is -3.36. The number of pyridine rings is 2. The SMILES string of the molecule is CC(C)Nc1nccc2c1C(c1cc(S(=O)(=O)C(C)C)ccn1)=NC2.